The molecule has 3 aromatic rings. The van der Waals surface area contributed by atoms with E-state index >= 15 is 0 Å². The van der Waals surface area contributed by atoms with Crippen LogP contribution in [-0.2, 0) is 6.54 Å². The fourth-order valence-corrected chi connectivity index (χ4v) is 2.91. The number of carbonyl (C=O) groups is 1. The third-order valence-corrected chi connectivity index (χ3v) is 4.18. The lowest BCUT2D eigenvalue weighted by Crippen LogP contribution is -2.23. The van der Waals surface area contributed by atoms with Gasteiger partial charge in [0.2, 0.25) is 0 Å². The Kier molecular flexibility index (Phi) is 4.57. The molecular weight excluding hydrogens is 328 g/mol. The van der Waals surface area contributed by atoms with Crippen LogP contribution in [0.3, 0.4) is 0 Å². The summed E-state index contributed by atoms with van der Waals surface area (Å²) < 4.78 is 0. The molecule has 8 heteroatoms. The topological polar surface area (TPSA) is 98.0 Å². The van der Waals surface area contributed by atoms with Crippen LogP contribution in [0.1, 0.15) is 16.1 Å². The highest BCUT2D eigenvalue weighted by molar-refractivity contribution is 7.13. The Morgan fingerprint density at radius 2 is 2.08 bits per heavy atom. The van der Waals surface area contributed by atoms with Crippen LogP contribution in [0, 0.1) is 10.1 Å². The van der Waals surface area contributed by atoms with E-state index in [9.17, 15) is 14.9 Å². The van der Waals surface area contributed by atoms with Gasteiger partial charge in [-0.1, -0.05) is 12.1 Å². The van der Waals surface area contributed by atoms with Gasteiger partial charge in [-0.3, -0.25) is 19.9 Å². The predicted octanol–water partition coefficient (Wildman–Crippen LogP) is 3.04. The van der Waals surface area contributed by atoms with Crippen molar-refractivity contribution >= 4 is 22.9 Å². The molecule has 7 nitrogen and oxygen atoms in total. The van der Waals surface area contributed by atoms with Crippen LogP contribution in [0.25, 0.3) is 10.6 Å². The van der Waals surface area contributed by atoms with E-state index in [4.69, 9.17) is 0 Å². The molecule has 0 saturated carbocycles. The molecule has 0 aliphatic carbocycles. The van der Waals surface area contributed by atoms with E-state index in [0.717, 1.165) is 10.6 Å². The van der Waals surface area contributed by atoms with Crippen LogP contribution in [0.4, 0.5) is 5.69 Å². The number of aromatic nitrogens is 2. The lowest BCUT2D eigenvalue weighted by atomic mass is 10.1. The molecule has 1 amide bonds. The smallest absolute Gasteiger partial charge is 0.282 e. The number of para-hydroxylation sites is 1. The first kappa shape index (κ1) is 15.8. The molecule has 3 rings (SSSR count). The lowest BCUT2D eigenvalue weighted by molar-refractivity contribution is -0.385. The zero-order valence-electron chi connectivity index (χ0n) is 12.4. The fourth-order valence-electron chi connectivity index (χ4n) is 2.10. The maximum Gasteiger partial charge on any atom is 0.282 e. The lowest BCUT2D eigenvalue weighted by Gasteiger charge is -2.04. The molecule has 0 radical (unpaired) electrons. The Morgan fingerprint density at radius 3 is 2.83 bits per heavy atom. The molecular formula is C16H12N4O3S. The van der Waals surface area contributed by atoms with Crippen molar-refractivity contribution in [3.63, 3.8) is 0 Å². The molecule has 0 saturated heterocycles. The molecule has 2 heterocycles. The zero-order chi connectivity index (χ0) is 16.9. The standard InChI is InChI=1S/C16H12N4O3S/c21-15(13-5-1-2-6-14(13)20(22)23)18-9-12-10-24-16(19-12)11-4-3-7-17-8-11/h1-8,10H,9H2,(H,18,21). The van der Waals surface area contributed by atoms with E-state index in [1.54, 1.807) is 18.5 Å². The molecule has 2 aromatic heterocycles. The van der Waals surface area contributed by atoms with Crippen molar-refractivity contribution in [3.8, 4) is 10.6 Å². The minimum atomic E-state index is -0.571. The van der Waals surface area contributed by atoms with Gasteiger partial charge in [-0.15, -0.1) is 11.3 Å². The van der Waals surface area contributed by atoms with Crippen molar-refractivity contribution in [1.82, 2.24) is 15.3 Å². The van der Waals surface area contributed by atoms with E-state index in [0.29, 0.717) is 5.69 Å². The normalized spacial score (nSPS) is 10.3. The summed E-state index contributed by atoms with van der Waals surface area (Å²) in [6, 6.07) is 9.57. The van der Waals surface area contributed by atoms with Gasteiger partial charge >= 0.3 is 0 Å². The third kappa shape index (κ3) is 3.44. The minimum absolute atomic E-state index is 0.0326. The summed E-state index contributed by atoms with van der Waals surface area (Å²) in [5.41, 5.74) is 1.40. The average molecular weight is 340 g/mol. The van der Waals surface area contributed by atoms with Gasteiger partial charge in [-0.05, 0) is 18.2 Å². The van der Waals surface area contributed by atoms with E-state index in [-0.39, 0.29) is 17.8 Å². The van der Waals surface area contributed by atoms with Gasteiger partial charge in [0.05, 0.1) is 17.2 Å². The van der Waals surface area contributed by atoms with Crippen LogP contribution in [-0.4, -0.2) is 20.8 Å². The molecule has 0 aliphatic rings. The summed E-state index contributed by atoms with van der Waals surface area (Å²) in [6.45, 7) is 0.196. The van der Waals surface area contributed by atoms with Crippen LogP contribution < -0.4 is 5.32 Å². The number of hydrogen-bond acceptors (Lipinski definition) is 6. The Hall–Kier alpha value is -3.13. The van der Waals surface area contributed by atoms with Crippen molar-refractivity contribution in [2.45, 2.75) is 6.54 Å². The van der Waals surface area contributed by atoms with Crippen molar-refractivity contribution in [1.29, 1.82) is 0 Å². The first-order valence-electron chi connectivity index (χ1n) is 7.01. The Labute approximate surface area is 141 Å². The Balaban J connectivity index is 1.70. The van der Waals surface area contributed by atoms with Gasteiger partial charge in [-0.2, -0.15) is 0 Å². The number of hydrogen-bond donors (Lipinski definition) is 1. The van der Waals surface area contributed by atoms with E-state index in [1.807, 2.05) is 17.5 Å². The second-order valence-corrected chi connectivity index (χ2v) is 5.70. The van der Waals surface area contributed by atoms with Crippen LogP contribution in [0.2, 0.25) is 0 Å². The first-order chi connectivity index (χ1) is 11.6. The Bertz CT molecular complexity index is 880. The summed E-state index contributed by atoms with van der Waals surface area (Å²) in [5.74, 6) is -0.502. The first-order valence-corrected chi connectivity index (χ1v) is 7.89. The number of nitro benzene ring substituents is 1. The number of nitrogens with one attached hydrogen (secondary N) is 1. The van der Waals surface area contributed by atoms with Crippen LogP contribution in [0.15, 0.2) is 54.2 Å². The SMILES string of the molecule is O=C(NCc1csc(-c2cccnc2)n1)c1ccccc1[N+](=O)[O-]. The van der Waals surface area contributed by atoms with Crippen LogP contribution in [0.5, 0.6) is 0 Å². The molecule has 1 N–H and O–H groups in total. The maximum absolute atomic E-state index is 12.2. The van der Waals surface area contributed by atoms with Crippen molar-refractivity contribution in [2.75, 3.05) is 0 Å². The molecule has 1 aromatic carbocycles. The molecule has 0 aliphatic heterocycles. The fraction of sp³-hybridized carbons (Fsp3) is 0.0625. The number of thiazole rings is 1. The molecule has 0 unspecified atom stereocenters. The predicted molar refractivity (Wildman–Crippen MR) is 89.6 cm³/mol. The largest absolute Gasteiger partial charge is 0.346 e. The van der Waals surface area contributed by atoms with Crippen LogP contribution >= 0.6 is 11.3 Å². The summed E-state index contributed by atoms with van der Waals surface area (Å²) in [6.07, 6.45) is 3.40. The summed E-state index contributed by atoms with van der Waals surface area (Å²) in [7, 11) is 0. The highest BCUT2D eigenvalue weighted by Gasteiger charge is 2.19. The average Bonchev–Trinajstić information content (AvgIpc) is 3.09. The minimum Gasteiger partial charge on any atom is -0.346 e. The molecule has 0 bridgehead atoms. The highest BCUT2D eigenvalue weighted by atomic mass is 32.1. The number of amides is 1. The summed E-state index contributed by atoms with van der Waals surface area (Å²) >= 11 is 1.45. The van der Waals surface area contributed by atoms with Gasteiger partial charge < -0.3 is 5.32 Å². The number of rotatable bonds is 5. The van der Waals surface area contributed by atoms with Gasteiger partial charge in [0.1, 0.15) is 10.6 Å². The van der Waals surface area contributed by atoms with Gasteiger partial charge in [0.25, 0.3) is 11.6 Å². The number of nitro groups is 1. The number of benzene rings is 1. The second-order valence-electron chi connectivity index (χ2n) is 4.84. The number of pyridine rings is 1. The molecule has 0 spiro atoms. The van der Waals surface area contributed by atoms with E-state index < -0.39 is 10.8 Å². The van der Waals surface area contributed by atoms with E-state index in [1.165, 1.54) is 29.5 Å². The van der Waals surface area contributed by atoms with Crippen molar-refractivity contribution in [2.24, 2.45) is 0 Å². The van der Waals surface area contributed by atoms with Gasteiger partial charge in [0, 0.05) is 29.4 Å². The maximum atomic E-state index is 12.2. The molecule has 24 heavy (non-hydrogen) atoms. The number of nitrogens with zero attached hydrogens (tertiary/aromatic N) is 3. The second kappa shape index (κ2) is 6.97. The quantitative estimate of drug-likeness (QED) is 0.568. The zero-order valence-corrected chi connectivity index (χ0v) is 13.2. The van der Waals surface area contributed by atoms with Gasteiger partial charge in [0.15, 0.2) is 0 Å². The van der Waals surface area contributed by atoms with Gasteiger partial charge in [-0.25, -0.2) is 4.98 Å². The molecule has 120 valence electrons. The van der Waals surface area contributed by atoms with E-state index in [2.05, 4.69) is 15.3 Å². The molecule has 0 atom stereocenters. The van der Waals surface area contributed by atoms with Crippen molar-refractivity contribution in [3.05, 3.63) is 75.5 Å². The summed E-state index contributed by atoms with van der Waals surface area (Å²) in [4.78, 5) is 31.0. The number of carbonyl (C=O) groups excluding carboxylic acids is 1. The third-order valence-electron chi connectivity index (χ3n) is 3.24. The highest BCUT2D eigenvalue weighted by Crippen LogP contribution is 2.23. The molecule has 0 fully saturated rings. The van der Waals surface area contributed by atoms with Crippen molar-refractivity contribution < 1.29 is 9.72 Å². The Morgan fingerprint density at radius 1 is 1.25 bits per heavy atom. The monoisotopic (exact) mass is 340 g/mol. The summed E-state index contributed by atoms with van der Waals surface area (Å²) in [5, 5.41) is 16.3.